The normalized spacial score (nSPS) is 14.9. The zero-order chi connectivity index (χ0) is 28.8. The van der Waals surface area contributed by atoms with Crippen molar-refractivity contribution in [3.63, 3.8) is 0 Å². The van der Waals surface area contributed by atoms with E-state index in [0.717, 1.165) is 33.6 Å². The summed E-state index contributed by atoms with van der Waals surface area (Å²) in [6, 6.07) is 25.9. The number of amides is 2. The van der Waals surface area contributed by atoms with Crippen LogP contribution in [0.25, 0.3) is 16.9 Å². The fourth-order valence-corrected chi connectivity index (χ4v) is 6.16. The Labute approximate surface area is 244 Å². The van der Waals surface area contributed by atoms with Gasteiger partial charge in [0.2, 0.25) is 11.8 Å². The van der Waals surface area contributed by atoms with E-state index in [2.05, 4.69) is 30.4 Å². The third-order valence-corrected chi connectivity index (χ3v) is 8.20. The fraction of sp³-hybridized carbons (Fsp3) is 0.281. The average molecular weight is 571 g/mol. The van der Waals surface area contributed by atoms with Gasteiger partial charge in [0.15, 0.2) is 0 Å². The number of anilines is 1. The number of nitrogens with one attached hydrogen (secondary N) is 1. The molecule has 4 aromatic rings. The summed E-state index contributed by atoms with van der Waals surface area (Å²) in [7, 11) is 3.25. The van der Waals surface area contributed by atoms with Crippen LogP contribution in [0, 0.1) is 6.92 Å². The molecule has 0 aliphatic carbocycles. The van der Waals surface area contributed by atoms with Crippen LogP contribution in [-0.2, 0) is 14.3 Å². The lowest BCUT2D eigenvalue weighted by Crippen LogP contribution is -2.42. The lowest BCUT2D eigenvalue weighted by molar-refractivity contribution is -0.122. The second-order valence-electron chi connectivity index (χ2n) is 9.84. The first-order valence-corrected chi connectivity index (χ1v) is 14.6. The number of aromatic nitrogens is 2. The van der Waals surface area contributed by atoms with Gasteiger partial charge in [-0.2, -0.15) is 5.10 Å². The second-order valence-corrected chi connectivity index (χ2v) is 10.9. The van der Waals surface area contributed by atoms with E-state index in [1.54, 1.807) is 35.6 Å². The standard InChI is InChI=1S/C32H34N4O4S/c1-22-9-7-12-24(19-22)31-29-30(23-10-5-4-6-11-23)34-36(25-13-15-26(40-3)16-14-25)32(29)35(28(38)21-41-31)20-27(37)33-17-8-18-39-2/h4-7,9-16,19,31H,8,17-18,20-21H2,1-3H3,(H,33,37)/t31-/m1/s1. The lowest BCUT2D eigenvalue weighted by atomic mass is 9.98. The first-order valence-electron chi connectivity index (χ1n) is 13.6. The van der Waals surface area contributed by atoms with Gasteiger partial charge in [-0.3, -0.25) is 14.5 Å². The zero-order valence-corrected chi connectivity index (χ0v) is 24.3. The molecule has 5 rings (SSSR count). The van der Waals surface area contributed by atoms with Crippen LogP contribution in [0.2, 0.25) is 0 Å². The molecular weight excluding hydrogens is 536 g/mol. The summed E-state index contributed by atoms with van der Waals surface area (Å²) in [5.74, 6) is 1.16. The number of carbonyl (C=O) groups is 2. The number of fused-ring (bicyclic) bond motifs is 1. The maximum Gasteiger partial charge on any atom is 0.240 e. The Morgan fingerprint density at radius 3 is 2.54 bits per heavy atom. The minimum Gasteiger partial charge on any atom is -0.497 e. The van der Waals surface area contributed by atoms with Crippen LogP contribution in [0.5, 0.6) is 5.75 Å². The molecule has 0 radical (unpaired) electrons. The molecule has 212 valence electrons. The molecule has 0 saturated carbocycles. The fourth-order valence-electron chi connectivity index (χ4n) is 4.97. The Morgan fingerprint density at radius 2 is 1.83 bits per heavy atom. The first-order chi connectivity index (χ1) is 20.0. The summed E-state index contributed by atoms with van der Waals surface area (Å²) < 4.78 is 12.3. The van der Waals surface area contributed by atoms with E-state index in [9.17, 15) is 9.59 Å². The van der Waals surface area contributed by atoms with E-state index in [4.69, 9.17) is 14.6 Å². The smallest absolute Gasteiger partial charge is 0.240 e. The van der Waals surface area contributed by atoms with Gasteiger partial charge in [-0.15, -0.1) is 11.8 Å². The molecule has 1 N–H and O–H groups in total. The molecule has 2 amide bonds. The number of thioether (sulfide) groups is 1. The summed E-state index contributed by atoms with van der Waals surface area (Å²) >= 11 is 1.56. The van der Waals surface area contributed by atoms with Crippen molar-refractivity contribution in [3.8, 4) is 22.7 Å². The quantitative estimate of drug-likeness (QED) is 0.265. The summed E-state index contributed by atoms with van der Waals surface area (Å²) in [5.41, 5.74) is 5.60. The lowest BCUT2D eigenvalue weighted by Gasteiger charge is -2.23. The van der Waals surface area contributed by atoms with Crippen molar-refractivity contribution in [2.24, 2.45) is 0 Å². The van der Waals surface area contributed by atoms with Gasteiger partial charge in [0.1, 0.15) is 18.1 Å². The number of ether oxygens (including phenoxy) is 2. The molecule has 0 bridgehead atoms. The Hall–Kier alpha value is -4.08. The molecule has 0 saturated heterocycles. The summed E-state index contributed by atoms with van der Waals surface area (Å²) in [5, 5.41) is 7.89. The van der Waals surface area contributed by atoms with Crippen LogP contribution in [0.1, 0.15) is 28.4 Å². The highest BCUT2D eigenvalue weighted by Crippen LogP contribution is 2.48. The molecule has 1 atom stereocenters. The van der Waals surface area contributed by atoms with Gasteiger partial charge in [0.05, 0.1) is 29.5 Å². The van der Waals surface area contributed by atoms with E-state index in [-0.39, 0.29) is 29.4 Å². The van der Waals surface area contributed by atoms with Crippen LogP contribution in [0.3, 0.4) is 0 Å². The number of aryl methyl sites for hydroxylation is 1. The summed E-state index contributed by atoms with van der Waals surface area (Å²) in [6.07, 6.45) is 0.689. The summed E-state index contributed by atoms with van der Waals surface area (Å²) in [4.78, 5) is 28.5. The van der Waals surface area contributed by atoms with Crippen molar-refractivity contribution < 1.29 is 19.1 Å². The van der Waals surface area contributed by atoms with Crippen LogP contribution >= 0.6 is 11.8 Å². The minimum absolute atomic E-state index is 0.115. The van der Waals surface area contributed by atoms with Crippen molar-refractivity contribution in [2.75, 3.05) is 44.6 Å². The van der Waals surface area contributed by atoms with Crippen molar-refractivity contribution in [1.29, 1.82) is 0 Å². The van der Waals surface area contributed by atoms with E-state index >= 15 is 0 Å². The molecule has 0 spiro atoms. The van der Waals surface area contributed by atoms with E-state index in [0.29, 0.717) is 31.1 Å². The van der Waals surface area contributed by atoms with Gasteiger partial charge in [-0.05, 0) is 43.2 Å². The third-order valence-electron chi connectivity index (χ3n) is 6.95. The average Bonchev–Trinajstić information content (AvgIpc) is 3.32. The molecule has 1 aliphatic rings. The molecular formula is C32H34N4O4S. The largest absolute Gasteiger partial charge is 0.497 e. The number of hydrogen-bond donors (Lipinski definition) is 1. The Bertz CT molecular complexity index is 1500. The maximum atomic E-state index is 13.8. The van der Waals surface area contributed by atoms with Crippen molar-refractivity contribution in [3.05, 3.63) is 95.6 Å². The molecule has 1 aromatic heterocycles. The first kappa shape index (κ1) is 28.4. The topological polar surface area (TPSA) is 85.7 Å². The van der Waals surface area contributed by atoms with Crippen LogP contribution in [0.4, 0.5) is 5.82 Å². The number of hydrogen-bond acceptors (Lipinski definition) is 6. The second kappa shape index (κ2) is 13.1. The molecule has 9 heteroatoms. The van der Waals surface area contributed by atoms with E-state index in [1.165, 1.54) is 0 Å². The van der Waals surface area contributed by atoms with Gasteiger partial charge >= 0.3 is 0 Å². The van der Waals surface area contributed by atoms with Gasteiger partial charge in [-0.1, -0.05) is 60.2 Å². The molecule has 2 heterocycles. The molecule has 3 aromatic carbocycles. The SMILES string of the molecule is COCCCNC(=O)CN1C(=O)CS[C@H](c2cccc(C)c2)c2c(-c3ccccc3)nn(-c3ccc(OC)cc3)c21. The predicted octanol–water partition coefficient (Wildman–Crippen LogP) is 5.18. The number of rotatable bonds is 10. The maximum absolute atomic E-state index is 13.8. The third kappa shape index (κ3) is 6.31. The Morgan fingerprint density at radius 1 is 1.05 bits per heavy atom. The number of benzene rings is 3. The van der Waals surface area contributed by atoms with Gasteiger partial charge in [-0.25, -0.2) is 4.68 Å². The molecule has 8 nitrogen and oxygen atoms in total. The predicted molar refractivity (Wildman–Crippen MR) is 163 cm³/mol. The van der Waals surface area contributed by atoms with E-state index in [1.807, 2.05) is 60.7 Å². The minimum atomic E-state index is -0.233. The molecule has 41 heavy (non-hydrogen) atoms. The van der Waals surface area contributed by atoms with Gasteiger partial charge in [0.25, 0.3) is 0 Å². The Balaban J connectivity index is 1.71. The highest BCUT2D eigenvalue weighted by molar-refractivity contribution is 8.00. The van der Waals surface area contributed by atoms with Crippen LogP contribution in [-0.4, -0.2) is 61.3 Å². The van der Waals surface area contributed by atoms with Crippen molar-refractivity contribution in [2.45, 2.75) is 18.6 Å². The molecule has 0 unspecified atom stereocenters. The van der Waals surface area contributed by atoms with Gasteiger partial charge < -0.3 is 14.8 Å². The van der Waals surface area contributed by atoms with Crippen LogP contribution < -0.4 is 15.0 Å². The molecule has 1 aliphatic heterocycles. The number of carbonyl (C=O) groups excluding carboxylic acids is 2. The van der Waals surface area contributed by atoms with Crippen LogP contribution in [0.15, 0.2) is 78.9 Å². The molecule has 0 fully saturated rings. The highest BCUT2D eigenvalue weighted by atomic mass is 32.2. The monoisotopic (exact) mass is 570 g/mol. The van der Waals surface area contributed by atoms with E-state index < -0.39 is 0 Å². The number of methoxy groups -OCH3 is 2. The zero-order valence-electron chi connectivity index (χ0n) is 23.5. The summed E-state index contributed by atoms with van der Waals surface area (Å²) in [6.45, 7) is 2.97. The highest BCUT2D eigenvalue weighted by Gasteiger charge is 2.37. The van der Waals surface area contributed by atoms with Crippen molar-refractivity contribution in [1.82, 2.24) is 15.1 Å². The van der Waals surface area contributed by atoms with Gasteiger partial charge in [0, 0.05) is 31.4 Å². The van der Waals surface area contributed by atoms with Crippen molar-refractivity contribution >= 4 is 29.4 Å². The Kier molecular flexibility index (Phi) is 9.06. The number of nitrogens with zero attached hydrogens (tertiary/aromatic N) is 3.